The number of halogens is 9. The molecular formula is C28H22ClF8NO. The number of nitrogens with zero attached hydrogens (tertiary/aromatic N) is 1. The first-order valence-electron chi connectivity index (χ1n) is 12.0. The van der Waals surface area contributed by atoms with Gasteiger partial charge in [0.15, 0.2) is 5.82 Å². The van der Waals surface area contributed by atoms with Gasteiger partial charge >= 0.3 is 12.4 Å². The molecule has 1 amide bonds. The summed E-state index contributed by atoms with van der Waals surface area (Å²) < 4.78 is 109. The van der Waals surface area contributed by atoms with Crippen molar-refractivity contribution in [2.75, 3.05) is 6.54 Å². The molecule has 0 aromatic heterocycles. The molecule has 2 nitrogen and oxygen atoms in total. The minimum atomic E-state index is -4.91. The normalized spacial score (nSPS) is 15.1. The van der Waals surface area contributed by atoms with Crippen molar-refractivity contribution in [3.63, 3.8) is 0 Å². The molecule has 0 unspecified atom stereocenters. The van der Waals surface area contributed by atoms with Crippen LogP contribution in [0.5, 0.6) is 0 Å². The molecule has 1 aliphatic rings. The molecule has 0 saturated heterocycles. The van der Waals surface area contributed by atoms with Gasteiger partial charge in [0.1, 0.15) is 5.67 Å². The fraction of sp³-hybridized carbons (Fsp3) is 0.321. The van der Waals surface area contributed by atoms with E-state index >= 15 is 0 Å². The summed E-state index contributed by atoms with van der Waals surface area (Å²) in [5.74, 6) is -2.48. The van der Waals surface area contributed by atoms with Crippen LogP contribution in [-0.2, 0) is 31.0 Å². The van der Waals surface area contributed by atoms with Crippen LogP contribution in [0, 0.1) is 5.82 Å². The summed E-state index contributed by atoms with van der Waals surface area (Å²) >= 11 is 5.66. The van der Waals surface area contributed by atoms with Crippen LogP contribution in [0.3, 0.4) is 0 Å². The Kier molecular flexibility index (Phi) is 7.98. The fourth-order valence-electron chi connectivity index (χ4n) is 4.40. The van der Waals surface area contributed by atoms with Crippen LogP contribution in [0.4, 0.5) is 35.1 Å². The SMILES string of the molecule is O=C(c1cc(C(F)(F)F)cc(Cl)c1F)N(CCc1cccc(C(F)(F)F)c1)Cc1ccc(C2(F)CCC2)cc1. The second-order valence-corrected chi connectivity index (χ2v) is 9.92. The van der Waals surface area contributed by atoms with Crippen LogP contribution in [0.1, 0.15) is 57.4 Å². The zero-order chi connectivity index (χ0) is 28.6. The van der Waals surface area contributed by atoms with Crippen molar-refractivity contribution >= 4 is 17.5 Å². The predicted molar refractivity (Wildman–Crippen MR) is 129 cm³/mol. The monoisotopic (exact) mass is 575 g/mol. The predicted octanol–water partition coefficient (Wildman–Crippen LogP) is 8.75. The molecule has 11 heteroatoms. The van der Waals surface area contributed by atoms with E-state index in [0.717, 1.165) is 23.5 Å². The van der Waals surface area contributed by atoms with Crippen LogP contribution >= 0.6 is 11.6 Å². The third-order valence-electron chi connectivity index (χ3n) is 6.79. The van der Waals surface area contributed by atoms with Gasteiger partial charge in [0, 0.05) is 13.1 Å². The molecule has 0 bridgehead atoms. The minimum Gasteiger partial charge on any atom is -0.334 e. The van der Waals surface area contributed by atoms with Gasteiger partial charge in [0.2, 0.25) is 0 Å². The summed E-state index contributed by atoms with van der Waals surface area (Å²) in [4.78, 5) is 14.4. The summed E-state index contributed by atoms with van der Waals surface area (Å²) in [6, 6.07) is 11.3. The van der Waals surface area contributed by atoms with Gasteiger partial charge in [-0.25, -0.2) is 8.78 Å². The molecule has 0 atom stereocenters. The first-order valence-corrected chi connectivity index (χ1v) is 12.4. The molecule has 3 aromatic rings. The average molecular weight is 576 g/mol. The Bertz CT molecular complexity index is 1350. The molecular weight excluding hydrogens is 554 g/mol. The number of alkyl halides is 7. The number of rotatable bonds is 7. The van der Waals surface area contributed by atoms with Gasteiger partial charge < -0.3 is 4.90 Å². The summed E-state index contributed by atoms with van der Waals surface area (Å²) in [6.45, 7) is -0.465. The van der Waals surface area contributed by atoms with Crippen molar-refractivity contribution in [2.45, 2.75) is 50.2 Å². The molecule has 1 saturated carbocycles. The van der Waals surface area contributed by atoms with Crippen molar-refractivity contribution in [2.24, 2.45) is 0 Å². The molecule has 208 valence electrons. The van der Waals surface area contributed by atoms with Gasteiger partial charge in [0.25, 0.3) is 5.91 Å². The zero-order valence-electron chi connectivity index (χ0n) is 20.3. The van der Waals surface area contributed by atoms with Crippen molar-refractivity contribution in [1.82, 2.24) is 4.90 Å². The number of carbonyl (C=O) groups is 1. The smallest absolute Gasteiger partial charge is 0.334 e. The van der Waals surface area contributed by atoms with Crippen molar-refractivity contribution in [1.29, 1.82) is 0 Å². The Morgan fingerprint density at radius 1 is 0.872 bits per heavy atom. The van der Waals surface area contributed by atoms with Gasteiger partial charge in [-0.3, -0.25) is 4.79 Å². The summed E-state index contributed by atoms with van der Waals surface area (Å²) in [7, 11) is 0. The van der Waals surface area contributed by atoms with Gasteiger partial charge in [0.05, 0.1) is 21.7 Å². The highest BCUT2D eigenvalue weighted by molar-refractivity contribution is 6.31. The Labute approximate surface area is 224 Å². The number of amides is 1. The highest BCUT2D eigenvalue weighted by atomic mass is 35.5. The van der Waals surface area contributed by atoms with E-state index in [0.29, 0.717) is 36.1 Å². The number of benzene rings is 3. The Morgan fingerprint density at radius 2 is 1.51 bits per heavy atom. The van der Waals surface area contributed by atoms with Gasteiger partial charge in [-0.05, 0) is 60.6 Å². The van der Waals surface area contributed by atoms with Crippen molar-refractivity contribution in [3.05, 3.63) is 105 Å². The first kappa shape index (κ1) is 28.9. The largest absolute Gasteiger partial charge is 0.416 e. The highest BCUT2D eigenvalue weighted by Gasteiger charge is 2.39. The fourth-order valence-corrected chi connectivity index (χ4v) is 4.62. The Balaban J connectivity index is 1.64. The third kappa shape index (κ3) is 6.54. The zero-order valence-corrected chi connectivity index (χ0v) is 21.0. The van der Waals surface area contributed by atoms with Crippen LogP contribution in [0.15, 0.2) is 60.7 Å². The second-order valence-electron chi connectivity index (χ2n) is 9.51. The van der Waals surface area contributed by atoms with Gasteiger partial charge in [-0.15, -0.1) is 0 Å². The van der Waals surface area contributed by atoms with E-state index in [2.05, 4.69) is 0 Å². The van der Waals surface area contributed by atoms with Crippen molar-refractivity contribution in [3.8, 4) is 0 Å². The maximum absolute atomic E-state index is 14.8. The third-order valence-corrected chi connectivity index (χ3v) is 7.06. The minimum absolute atomic E-state index is 0.102. The van der Waals surface area contributed by atoms with Gasteiger partial charge in [-0.1, -0.05) is 54.1 Å². The van der Waals surface area contributed by atoms with E-state index in [1.54, 1.807) is 24.3 Å². The molecule has 1 aliphatic carbocycles. The number of hydrogen-bond donors (Lipinski definition) is 0. The lowest BCUT2D eigenvalue weighted by atomic mass is 9.77. The highest BCUT2D eigenvalue weighted by Crippen LogP contribution is 2.45. The van der Waals surface area contributed by atoms with Crippen molar-refractivity contribution < 1.29 is 39.9 Å². The van der Waals surface area contributed by atoms with E-state index in [1.165, 1.54) is 12.1 Å². The summed E-state index contributed by atoms with van der Waals surface area (Å²) in [6.07, 6.45) is -8.10. The second kappa shape index (κ2) is 10.8. The lowest BCUT2D eigenvalue weighted by Crippen LogP contribution is -2.33. The lowest BCUT2D eigenvalue weighted by molar-refractivity contribution is -0.138. The maximum Gasteiger partial charge on any atom is 0.416 e. The molecule has 0 N–H and O–H groups in total. The average Bonchev–Trinajstić information content (AvgIpc) is 2.85. The summed E-state index contributed by atoms with van der Waals surface area (Å²) in [5.41, 5.74) is -3.45. The quantitative estimate of drug-likeness (QED) is 0.258. The maximum atomic E-state index is 14.8. The van der Waals surface area contributed by atoms with E-state index in [1.807, 2.05) is 0 Å². The molecule has 0 heterocycles. The lowest BCUT2D eigenvalue weighted by Gasteiger charge is -2.34. The van der Waals surface area contributed by atoms with Crippen LogP contribution in [0.2, 0.25) is 5.02 Å². The van der Waals surface area contributed by atoms with E-state index in [-0.39, 0.29) is 25.1 Å². The molecule has 0 spiro atoms. The Hall–Kier alpha value is -3.14. The molecule has 4 rings (SSSR count). The van der Waals surface area contributed by atoms with E-state index in [4.69, 9.17) is 11.6 Å². The van der Waals surface area contributed by atoms with E-state index < -0.39 is 51.5 Å². The van der Waals surface area contributed by atoms with E-state index in [9.17, 15) is 39.9 Å². The van der Waals surface area contributed by atoms with Crippen LogP contribution in [-0.4, -0.2) is 17.4 Å². The topological polar surface area (TPSA) is 20.3 Å². The molecule has 3 aromatic carbocycles. The molecule has 0 aliphatic heterocycles. The Morgan fingerprint density at radius 3 is 2.08 bits per heavy atom. The van der Waals surface area contributed by atoms with Crippen LogP contribution in [0.25, 0.3) is 0 Å². The van der Waals surface area contributed by atoms with Crippen LogP contribution < -0.4 is 0 Å². The molecule has 39 heavy (non-hydrogen) atoms. The number of carbonyl (C=O) groups excluding carboxylic acids is 1. The summed E-state index contributed by atoms with van der Waals surface area (Å²) in [5, 5.41) is -0.899. The number of hydrogen-bond acceptors (Lipinski definition) is 1. The van der Waals surface area contributed by atoms with Gasteiger partial charge in [-0.2, -0.15) is 26.3 Å². The standard InChI is InChI=1S/C28H22ClF8NO/c29-23-15-21(28(35,36)37)14-22(24(23)30)25(39)38(12-9-17-3-1-4-20(13-17)27(32,33)34)16-18-5-7-19(8-6-18)26(31)10-2-11-26/h1,3-8,13-15H,2,9-12,16H2. The molecule has 0 radical (unpaired) electrons. The first-order chi connectivity index (χ1) is 18.2. The molecule has 1 fully saturated rings.